The number of hydrogen-bond acceptors (Lipinski definition) is 1. The third kappa shape index (κ3) is 2.68. The first kappa shape index (κ1) is 10.8. The molecule has 86 valence electrons. The summed E-state index contributed by atoms with van der Waals surface area (Å²) in [5.74, 6) is 0. The van der Waals surface area contributed by atoms with Crippen LogP contribution >= 0.6 is 11.6 Å². The molecule has 0 spiro atoms. The van der Waals surface area contributed by atoms with E-state index in [1.165, 1.54) is 16.7 Å². The van der Waals surface area contributed by atoms with Crippen molar-refractivity contribution in [3.05, 3.63) is 59.1 Å². The van der Waals surface area contributed by atoms with E-state index in [1.807, 2.05) is 24.3 Å². The fourth-order valence-electron chi connectivity index (χ4n) is 1.92. The second kappa shape index (κ2) is 4.52. The van der Waals surface area contributed by atoms with Crippen LogP contribution in [-0.4, -0.2) is 12.7 Å². The largest absolute Gasteiger partial charge is 0.373 e. The van der Waals surface area contributed by atoms with Gasteiger partial charge in [-0.1, -0.05) is 48.0 Å². The SMILES string of the molecule is Clc1ccc(-c2ccc(CC3CO3)cc2)cc1. The van der Waals surface area contributed by atoms with E-state index in [-0.39, 0.29) is 0 Å². The van der Waals surface area contributed by atoms with Crippen LogP contribution in [0.2, 0.25) is 5.02 Å². The Balaban J connectivity index is 1.80. The van der Waals surface area contributed by atoms with E-state index in [0.717, 1.165) is 18.1 Å². The summed E-state index contributed by atoms with van der Waals surface area (Å²) in [6.45, 7) is 0.916. The first-order chi connectivity index (χ1) is 8.31. The molecule has 0 aromatic heterocycles. The smallest absolute Gasteiger partial charge is 0.0850 e. The summed E-state index contributed by atoms with van der Waals surface area (Å²) in [5, 5.41) is 0.774. The minimum absolute atomic E-state index is 0.455. The van der Waals surface area contributed by atoms with Gasteiger partial charge in [-0.05, 0) is 28.8 Å². The Morgan fingerprint density at radius 1 is 0.941 bits per heavy atom. The third-order valence-corrected chi connectivity index (χ3v) is 3.25. The molecule has 1 aliphatic heterocycles. The fourth-order valence-corrected chi connectivity index (χ4v) is 2.05. The summed E-state index contributed by atoms with van der Waals surface area (Å²) in [5.41, 5.74) is 3.76. The van der Waals surface area contributed by atoms with Crippen LogP contribution in [0.15, 0.2) is 48.5 Å². The number of hydrogen-bond donors (Lipinski definition) is 0. The molecule has 0 saturated carbocycles. The zero-order chi connectivity index (χ0) is 11.7. The summed E-state index contributed by atoms with van der Waals surface area (Å²) in [4.78, 5) is 0. The molecule has 3 rings (SSSR count). The summed E-state index contributed by atoms with van der Waals surface area (Å²) >= 11 is 5.87. The van der Waals surface area contributed by atoms with Gasteiger partial charge in [0.2, 0.25) is 0 Å². The first-order valence-electron chi connectivity index (χ1n) is 5.78. The van der Waals surface area contributed by atoms with Crippen molar-refractivity contribution in [2.75, 3.05) is 6.61 Å². The van der Waals surface area contributed by atoms with Crippen LogP contribution in [0.1, 0.15) is 5.56 Å². The van der Waals surface area contributed by atoms with Gasteiger partial charge in [-0.3, -0.25) is 0 Å². The van der Waals surface area contributed by atoms with Crippen molar-refractivity contribution < 1.29 is 4.74 Å². The van der Waals surface area contributed by atoms with E-state index in [9.17, 15) is 0 Å². The molecule has 1 unspecified atom stereocenters. The van der Waals surface area contributed by atoms with Crippen LogP contribution < -0.4 is 0 Å². The third-order valence-electron chi connectivity index (χ3n) is 3.00. The van der Waals surface area contributed by atoms with Crippen molar-refractivity contribution >= 4 is 11.6 Å². The highest BCUT2D eigenvalue weighted by atomic mass is 35.5. The molecule has 1 heterocycles. The molecule has 1 fully saturated rings. The fraction of sp³-hybridized carbons (Fsp3) is 0.200. The molecule has 0 aliphatic carbocycles. The van der Waals surface area contributed by atoms with Gasteiger partial charge in [-0.25, -0.2) is 0 Å². The lowest BCUT2D eigenvalue weighted by atomic mass is 10.0. The highest BCUT2D eigenvalue weighted by Crippen LogP contribution is 2.23. The average molecular weight is 245 g/mol. The standard InChI is InChI=1S/C15H13ClO/c16-14-7-5-13(6-8-14)12-3-1-11(2-4-12)9-15-10-17-15/h1-8,15H,9-10H2. The van der Waals surface area contributed by atoms with E-state index in [0.29, 0.717) is 6.10 Å². The summed E-state index contributed by atoms with van der Waals surface area (Å²) in [6.07, 6.45) is 1.48. The molecule has 2 aromatic carbocycles. The second-order valence-electron chi connectivity index (χ2n) is 4.36. The van der Waals surface area contributed by atoms with Crippen LogP contribution in [0, 0.1) is 0 Å². The Hall–Kier alpha value is -1.31. The monoisotopic (exact) mass is 244 g/mol. The summed E-state index contributed by atoms with van der Waals surface area (Å²) < 4.78 is 5.23. The molecule has 2 heteroatoms. The van der Waals surface area contributed by atoms with Crippen molar-refractivity contribution in [2.45, 2.75) is 12.5 Å². The lowest BCUT2D eigenvalue weighted by Gasteiger charge is -2.03. The molecule has 0 amide bonds. The number of ether oxygens (including phenoxy) is 1. The van der Waals surface area contributed by atoms with Crippen molar-refractivity contribution in [1.82, 2.24) is 0 Å². The van der Waals surface area contributed by atoms with E-state index < -0.39 is 0 Å². The number of benzene rings is 2. The van der Waals surface area contributed by atoms with Gasteiger partial charge in [0.25, 0.3) is 0 Å². The Labute approximate surface area is 106 Å². The van der Waals surface area contributed by atoms with Crippen molar-refractivity contribution in [3.8, 4) is 11.1 Å². The van der Waals surface area contributed by atoms with Crippen LogP contribution in [-0.2, 0) is 11.2 Å². The molecule has 1 atom stereocenters. The van der Waals surface area contributed by atoms with Crippen LogP contribution in [0.5, 0.6) is 0 Å². The Morgan fingerprint density at radius 2 is 1.47 bits per heavy atom. The molecular formula is C15H13ClO. The van der Waals surface area contributed by atoms with Gasteiger partial charge in [0.15, 0.2) is 0 Å². The predicted molar refractivity (Wildman–Crippen MR) is 70.3 cm³/mol. The minimum atomic E-state index is 0.455. The van der Waals surface area contributed by atoms with E-state index >= 15 is 0 Å². The maximum atomic E-state index is 5.87. The van der Waals surface area contributed by atoms with Gasteiger partial charge >= 0.3 is 0 Å². The van der Waals surface area contributed by atoms with Crippen molar-refractivity contribution in [2.24, 2.45) is 0 Å². The molecular weight excluding hydrogens is 232 g/mol. The number of rotatable bonds is 3. The lowest BCUT2D eigenvalue weighted by Crippen LogP contribution is -1.92. The van der Waals surface area contributed by atoms with Gasteiger partial charge < -0.3 is 4.74 Å². The Morgan fingerprint density at radius 3 is 2.00 bits per heavy atom. The summed E-state index contributed by atoms with van der Waals surface area (Å²) in [7, 11) is 0. The normalized spacial score (nSPS) is 18.1. The molecule has 1 aliphatic rings. The molecule has 2 aromatic rings. The van der Waals surface area contributed by atoms with Crippen molar-refractivity contribution in [1.29, 1.82) is 0 Å². The average Bonchev–Trinajstić information content (AvgIpc) is 3.15. The van der Waals surface area contributed by atoms with Gasteiger partial charge in [0.1, 0.15) is 0 Å². The van der Waals surface area contributed by atoms with Crippen LogP contribution in [0.25, 0.3) is 11.1 Å². The van der Waals surface area contributed by atoms with Crippen LogP contribution in [0.3, 0.4) is 0 Å². The van der Waals surface area contributed by atoms with E-state index in [2.05, 4.69) is 24.3 Å². The number of epoxide rings is 1. The maximum absolute atomic E-state index is 5.87. The number of halogens is 1. The molecule has 1 saturated heterocycles. The summed E-state index contributed by atoms with van der Waals surface area (Å²) in [6, 6.07) is 16.6. The minimum Gasteiger partial charge on any atom is -0.373 e. The Bertz CT molecular complexity index is 497. The molecule has 0 N–H and O–H groups in total. The Kier molecular flexibility index (Phi) is 2.87. The molecule has 0 bridgehead atoms. The van der Waals surface area contributed by atoms with Gasteiger partial charge in [0.05, 0.1) is 12.7 Å². The quantitative estimate of drug-likeness (QED) is 0.745. The zero-order valence-corrected chi connectivity index (χ0v) is 10.2. The molecule has 1 nitrogen and oxygen atoms in total. The topological polar surface area (TPSA) is 12.5 Å². The van der Waals surface area contributed by atoms with Gasteiger partial charge in [-0.2, -0.15) is 0 Å². The highest BCUT2D eigenvalue weighted by Gasteiger charge is 2.22. The molecule has 0 radical (unpaired) electrons. The van der Waals surface area contributed by atoms with Crippen molar-refractivity contribution in [3.63, 3.8) is 0 Å². The van der Waals surface area contributed by atoms with Gasteiger partial charge in [0, 0.05) is 11.4 Å². The highest BCUT2D eigenvalue weighted by molar-refractivity contribution is 6.30. The van der Waals surface area contributed by atoms with E-state index in [4.69, 9.17) is 16.3 Å². The maximum Gasteiger partial charge on any atom is 0.0850 e. The molecule has 17 heavy (non-hydrogen) atoms. The van der Waals surface area contributed by atoms with E-state index in [1.54, 1.807) is 0 Å². The second-order valence-corrected chi connectivity index (χ2v) is 4.80. The zero-order valence-electron chi connectivity index (χ0n) is 9.40. The van der Waals surface area contributed by atoms with Gasteiger partial charge in [-0.15, -0.1) is 0 Å². The van der Waals surface area contributed by atoms with Crippen LogP contribution in [0.4, 0.5) is 0 Å². The lowest BCUT2D eigenvalue weighted by molar-refractivity contribution is 0.407. The predicted octanol–water partition coefficient (Wildman–Crippen LogP) is 3.95. The first-order valence-corrected chi connectivity index (χ1v) is 6.15.